The summed E-state index contributed by atoms with van der Waals surface area (Å²) in [6.45, 7) is 17.7. The molecule has 0 radical (unpaired) electrons. The lowest BCUT2D eigenvalue weighted by atomic mass is 9.71. The molecule has 15 heteroatoms. The van der Waals surface area contributed by atoms with Gasteiger partial charge >= 0.3 is 5.97 Å². The minimum absolute atomic E-state index is 0.0270. The molecule has 15 nitrogen and oxygen atoms in total. The molecular formula is C50H75NO14. The minimum Gasteiger partial charge on any atom is -0.462 e. The number of aliphatic hydroxyl groups is 2. The Hall–Kier alpha value is -2.80. The van der Waals surface area contributed by atoms with Crippen molar-refractivity contribution in [3.8, 4) is 0 Å². The molecule has 1 aliphatic carbocycles. The summed E-state index contributed by atoms with van der Waals surface area (Å²) in [6, 6.07) is -0.315. The van der Waals surface area contributed by atoms with Gasteiger partial charge in [-0.2, -0.15) is 0 Å². The van der Waals surface area contributed by atoms with E-state index >= 15 is 0 Å². The third kappa shape index (κ3) is 10.6. The van der Waals surface area contributed by atoms with Crippen molar-refractivity contribution in [2.75, 3.05) is 20.8 Å². The molecule has 364 valence electrons. The molecule has 4 fully saturated rings. The van der Waals surface area contributed by atoms with Crippen LogP contribution in [0.5, 0.6) is 0 Å². The monoisotopic (exact) mass is 914 g/mol. The van der Waals surface area contributed by atoms with Gasteiger partial charge in [0.2, 0.25) is 5.91 Å². The fourth-order valence-corrected chi connectivity index (χ4v) is 11.0. The van der Waals surface area contributed by atoms with Crippen LogP contribution >= 0.6 is 0 Å². The molecule has 7 rings (SSSR count). The topological polar surface area (TPSA) is 179 Å². The third-order valence-corrected chi connectivity index (χ3v) is 14.9. The van der Waals surface area contributed by atoms with Gasteiger partial charge in [0, 0.05) is 58.7 Å². The number of rotatable bonds is 9. The number of methoxy groups -OCH3 is 2. The second kappa shape index (κ2) is 20.8. The standard InChI is InChI=1S/C50H75NO14/c1-12-26(2)45-29(5)18-19-49(65-45)24-36-21-35(64-49)17-16-28(4)44(27(3)14-13-15-34-25-58-47-43(53)30(6)20-37(48(54)61-36)50(34,47)55)62-41-23-39(57-11)46(32(8)60-41)63-40-22-38(56-10)42(31(7)59-40)51-33(9)52/h13-16,18-20,26-27,29,31-32,35-47,53,55H,12,17,21-25H2,1-11H3,(H,51,52)/b14-13+,28-16+,34-15+/t26-,27-,29-,31-,32?,35+,36-,37-,38-,39-,40-,41-,42+,43+,44-,45+,46-,47+,49+,50+/m0/s1. The van der Waals surface area contributed by atoms with E-state index in [4.69, 9.17) is 47.4 Å². The average Bonchev–Trinajstić information content (AvgIpc) is 3.61. The van der Waals surface area contributed by atoms with Crippen molar-refractivity contribution in [2.45, 2.75) is 198 Å². The molecule has 3 N–H and O–H groups in total. The molecule has 2 bridgehead atoms. The van der Waals surface area contributed by atoms with E-state index in [1.54, 1.807) is 33.3 Å². The normalized spacial score (nSPS) is 47.3. The van der Waals surface area contributed by atoms with Crippen molar-refractivity contribution in [1.29, 1.82) is 0 Å². The second-order valence-electron chi connectivity index (χ2n) is 19.7. The van der Waals surface area contributed by atoms with Crippen LogP contribution < -0.4 is 5.32 Å². The number of allylic oxidation sites excluding steroid dienone is 2. The Balaban J connectivity index is 1.16. The highest BCUT2D eigenvalue weighted by molar-refractivity contribution is 5.78. The van der Waals surface area contributed by atoms with E-state index in [9.17, 15) is 19.8 Å². The Morgan fingerprint density at radius 1 is 0.938 bits per heavy atom. The number of hydrogen-bond acceptors (Lipinski definition) is 14. The SMILES string of the molecule is CC[C@H](C)[C@H]1O[C@]2(C=C[C@@H]1C)C[C@@H]1C[C@@H](C/C=C(\C)[C@@H](O[C@H]3C[C@H](OC)[C@@H](O[C@H]4C[C@H](OC)[C@H](NC(C)=O)[C@H](C)O4)C(C)O3)[C@@H](C)/C=C/C=C3\CO[C@@H]4[C@H](O)C(C)=C[C@@H](C(=O)O1)[C@]34O)O2. The number of esters is 1. The highest BCUT2D eigenvalue weighted by Gasteiger charge is 2.60. The Morgan fingerprint density at radius 3 is 2.35 bits per heavy atom. The van der Waals surface area contributed by atoms with Crippen molar-refractivity contribution >= 4 is 11.9 Å². The lowest BCUT2D eigenvalue weighted by Crippen LogP contribution is -2.58. The van der Waals surface area contributed by atoms with E-state index in [0.29, 0.717) is 36.8 Å². The molecule has 0 aromatic heterocycles. The van der Waals surface area contributed by atoms with Gasteiger partial charge in [-0.15, -0.1) is 0 Å². The number of carbonyl (C=O) groups excluding carboxylic acids is 2. The Kier molecular flexibility index (Phi) is 16.0. The maximum absolute atomic E-state index is 14.4. The Morgan fingerprint density at radius 2 is 1.65 bits per heavy atom. The molecule has 7 aliphatic rings. The zero-order chi connectivity index (χ0) is 47.0. The summed E-state index contributed by atoms with van der Waals surface area (Å²) in [5, 5.41) is 26.7. The zero-order valence-electron chi connectivity index (χ0n) is 40.2. The zero-order valence-corrected chi connectivity index (χ0v) is 40.2. The van der Waals surface area contributed by atoms with E-state index in [1.807, 2.05) is 39.0 Å². The van der Waals surface area contributed by atoms with Gasteiger partial charge < -0.3 is 62.9 Å². The van der Waals surface area contributed by atoms with Crippen LogP contribution in [0.25, 0.3) is 0 Å². The number of fused-ring (bicyclic) bond motifs is 2. The first-order valence-corrected chi connectivity index (χ1v) is 23.8. The van der Waals surface area contributed by atoms with Gasteiger partial charge in [0.25, 0.3) is 0 Å². The largest absolute Gasteiger partial charge is 0.462 e. The molecule has 1 amide bonds. The fraction of sp³-hybridized carbons (Fsp3) is 0.760. The van der Waals surface area contributed by atoms with Gasteiger partial charge in [-0.3, -0.25) is 9.59 Å². The van der Waals surface area contributed by atoms with Crippen LogP contribution in [0.1, 0.15) is 101 Å². The summed E-state index contributed by atoms with van der Waals surface area (Å²) in [7, 11) is 3.27. The van der Waals surface area contributed by atoms with Crippen LogP contribution in [-0.2, 0) is 57.0 Å². The van der Waals surface area contributed by atoms with Crippen molar-refractivity contribution < 1.29 is 67.2 Å². The van der Waals surface area contributed by atoms with E-state index in [-0.39, 0.29) is 61.0 Å². The lowest BCUT2D eigenvalue weighted by molar-refractivity contribution is -0.311. The second-order valence-corrected chi connectivity index (χ2v) is 19.7. The Labute approximate surface area is 385 Å². The maximum atomic E-state index is 14.4. The smallest absolute Gasteiger partial charge is 0.316 e. The molecule has 0 aromatic carbocycles. The number of nitrogens with one attached hydrogen (secondary N) is 1. The molecule has 4 saturated heterocycles. The quantitative estimate of drug-likeness (QED) is 0.195. The molecule has 1 unspecified atom stereocenters. The van der Waals surface area contributed by atoms with Crippen molar-refractivity contribution in [3.05, 3.63) is 59.3 Å². The van der Waals surface area contributed by atoms with Gasteiger partial charge in [0.05, 0.1) is 55.4 Å². The first kappa shape index (κ1) is 50.1. The number of amides is 1. The van der Waals surface area contributed by atoms with Crippen LogP contribution in [0.2, 0.25) is 0 Å². The number of hydrogen-bond donors (Lipinski definition) is 3. The molecule has 1 spiro atoms. The fourth-order valence-electron chi connectivity index (χ4n) is 11.0. The maximum Gasteiger partial charge on any atom is 0.316 e. The molecular weight excluding hydrogens is 839 g/mol. The predicted octanol–water partition coefficient (Wildman–Crippen LogP) is 5.52. The number of ether oxygens (including phenoxy) is 10. The molecule has 6 aliphatic heterocycles. The average molecular weight is 914 g/mol. The first-order valence-electron chi connectivity index (χ1n) is 23.8. The summed E-state index contributed by atoms with van der Waals surface area (Å²) in [4.78, 5) is 26.3. The van der Waals surface area contributed by atoms with E-state index < -0.39 is 84.7 Å². The molecule has 0 saturated carbocycles. The van der Waals surface area contributed by atoms with Crippen LogP contribution in [0.3, 0.4) is 0 Å². The summed E-state index contributed by atoms with van der Waals surface area (Å²) < 4.78 is 64.4. The molecule has 6 heterocycles. The number of carbonyl (C=O) groups is 2. The summed E-state index contributed by atoms with van der Waals surface area (Å²) in [5.41, 5.74) is 0.116. The lowest BCUT2D eigenvalue weighted by Gasteiger charge is -2.48. The predicted molar refractivity (Wildman–Crippen MR) is 239 cm³/mol. The molecule has 65 heavy (non-hydrogen) atoms. The highest BCUT2D eigenvalue weighted by Crippen LogP contribution is 2.47. The van der Waals surface area contributed by atoms with Crippen molar-refractivity contribution in [1.82, 2.24) is 5.32 Å². The molecule has 0 aromatic rings. The van der Waals surface area contributed by atoms with Crippen LogP contribution in [0, 0.1) is 23.7 Å². The van der Waals surface area contributed by atoms with Gasteiger partial charge in [0.1, 0.15) is 35.9 Å². The van der Waals surface area contributed by atoms with Gasteiger partial charge in [-0.25, -0.2) is 0 Å². The van der Waals surface area contributed by atoms with Crippen molar-refractivity contribution in [2.24, 2.45) is 23.7 Å². The van der Waals surface area contributed by atoms with Crippen LogP contribution in [0.15, 0.2) is 59.3 Å². The summed E-state index contributed by atoms with van der Waals surface area (Å²) in [5.74, 6) is -2.75. The molecule has 20 atom stereocenters. The first-order chi connectivity index (χ1) is 30.9. The van der Waals surface area contributed by atoms with Crippen molar-refractivity contribution in [3.63, 3.8) is 0 Å². The highest BCUT2D eigenvalue weighted by atomic mass is 16.7. The summed E-state index contributed by atoms with van der Waals surface area (Å²) in [6.07, 6.45) is 9.46. The van der Waals surface area contributed by atoms with Gasteiger partial charge in [-0.1, -0.05) is 70.6 Å². The van der Waals surface area contributed by atoms with Crippen LogP contribution in [0.4, 0.5) is 0 Å². The van der Waals surface area contributed by atoms with Crippen LogP contribution in [-0.4, -0.2) is 140 Å². The third-order valence-electron chi connectivity index (χ3n) is 14.9. The minimum atomic E-state index is -1.84. The van der Waals surface area contributed by atoms with E-state index in [2.05, 4.69) is 45.2 Å². The Bertz CT molecular complexity index is 1850. The van der Waals surface area contributed by atoms with E-state index in [1.165, 1.54) is 6.92 Å². The van der Waals surface area contributed by atoms with E-state index in [0.717, 1.165) is 12.0 Å². The van der Waals surface area contributed by atoms with Gasteiger partial charge in [0.15, 0.2) is 18.4 Å². The number of aliphatic hydroxyl groups excluding tert-OH is 1. The van der Waals surface area contributed by atoms with Gasteiger partial charge in [-0.05, 0) is 62.8 Å². The summed E-state index contributed by atoms with van der Waals surface area (Å²) >= 11 is 0.